The number of carbonyl (C=O) groups excluding carboxylic acids is 2. The highest BCUT2D eigenvalue weighted by molar-refractivity contribution is 7.17. The molecule has 1 saturated carbocycles. The zero-order chi connectivity index (χ0) is 19.1. The molecule has 4 atom stereocenters. The number of carboxylic acids is 1. The molecular weight excluding hydrogens is 364 g/mol. The summed E-state index contributed by atoms with van der Waals surface area (Å²) in [5.74, 6) is -3.22. The van der Waals surface area contributed by atoms with Crippen LogP contribution in [-0.4, -0.2) is 22.9 Å². The molecule has 0 radical (unpaired) electrons. The van der Waals surface area contributed by atoms with E-state index in [1.165, 1.54) is 11.3 Å². The first kappa shape index (κ1) is 18.2. The van der Waals surface area contributed by atoms with Gasteiger partial charge in [0.25, 0.3) is 5.91 Å². The maximum Gasteiger partial charge on any atom is 0.307 e. The monoisotopic (exact) mass is 388 g/mol. The molecule has 2 bridgehead atoms. The van der Waals surface area contributed by atoms with Gasteiger partial charge < -0.3 is 16.2 Å². The van der Waals surface area contributed by atoms with E-state index in [4.69, 9.17) is 5.73 Å². The van der Waals surface area contributed by atoms with Crippen LogP contribution in [0.25, 0.3) is 0 Å². The molecule has 7 heteroatoms. The molecule has 4 aliphatic carbocycles. The summed E-state index contributed by atoms with van der Waals surface area (Å²) >= 11 is 1.43. The van der Waals surface area contributed by atoms with Gasteiger partial charge in [-0.2, -0.15) is 0 Å². The highest BCUT2D eigenvalue weighted by atomic mass is 32.1. The van der Waals surface area contributed by atoms with Crippen LogP contribution in [-0.2, 0) is 22.4 Å². The predicted molar refractivity (Wildman–Crippen MR) is 103 cm³/mol. The second kappa shape index (κ2) is 7.11. The van der Waals surface area contributed by atoms with Gasteiger partial charge in [0.2, 0.25) is 5.91 Å². The summed E-state index contributed by atoms with van der Waals surface area (Å²) in [7, 11) is 0. The Hall–Kier alpha value is -2.15. The molecule has 4 aliphatic rings. The highest BCUT2D eigenvalue weighted by Crippen LogP contribution is 2.46. The van der Waals surface area contributed by atoms with Crippen LogP contribution in [0.4, 0.5) is 5.00 Å². The lowest BCUT2D eigenvalue weighted by Crippen LogP contribution is -2.47. The van der Waals surface area contributed by atoms with Crippen molar-refractivity contribution in [1.82, 2.24) is 0 Å². The quantitative estimate of drug-likeness (QED) is 0.544. The Morgan fingerprint density at radius 2 is 1.70 bits per heavy atom. The van der Waals surface area contributed by atoms with Gasteiger partial charge in [-0.25, -0.2) is 0 Å². The summed E-state index contributed by atoms with van der Waals surface area (Å²) in [4.78, 5) is 38.1. The number of aliphatic carboxylic acids is 1. The van der Waals surface area contributed by atoms with E-state index in [0.29, 0.717) is 10.6 Å². The van der Waals surface area contributed by atoms with Gasteiger partial charge in [-0.3, -0.25) is 14.4 Å². The van der Waals surface area contributed by atoms with E-state index in [0.717, 1.165) is 55.4 Å². The largest absolute Gasteiger partial charge is 0.481 e. The van der Waals surface area contributed by atoms with Gasteiger partial charge in [0.15, 0.2) is 0 Å². The molecule has 1 aromatic heterocycles. The van der Waals surface area contributed by atoms with Gasteiger partial charge in [0.05, 0.1) is 17.4 Å². The molecule has 6 nitrogen and oxygen atoms in total. The van der Waals surface area contributed by atoms with Gasteiger partial charge in [0, 0.05) is 4.88 Å². The number of nitrogens with two attached hydrogens (primary N) is 1. The summed E-state index contributed by atoms with van der Waals surface area (Å²) < 4.78 is 0. The van der Waals surface area contributed by atoms with Crippen LogP contribution in [0.2, 0.25) is 0 Å². The second-order valence-electron chi connectivity index (χ2n) is 7.80. The van der Waals surface area contributed by atoms with Gasteiger partial charge in [0.1, 0.15) is 5.00 Å². The van der Waals surface area contributed by atoms with E-state index in [-0.39, 0.29) is 17.7 Å². The number of thiophene rings is 1. The number of hydrogen-bond donors (Lipinski definition) is 3. The average Bonchev–Trinajstić information content (AvgIpc) is 2.82. The first-order valence-corrected chi connectivity index (χ1v) is 10.5. The number of anilines is 1. The molecule has 0 saturated heterocycles. The molecule has 5 rings (SSSR count). The maximum absolute atomic E-state index is 13.1. The third kappa shape index (κ3) is 3.18. The number of rotatable bonds is 4. The average molecular weight is 388 g/mol. The van der Waals surface area contributed by atoms with Crippen molar-refractivity contribution in [2.24, 2.45) is 29.4 Å². The number of nitrogens with one attached hydrogen (secondary N) is 1. The minimum absolute atomic E-state index is 0.0640. The van der Waals surface area contributed by atoms with Crippen LogP contribution in [0, 0.1) is 23.7 Å². The minimum atomic E-state index is -0.925. The number of carbonyl (C=O) groups is 3. The Labute approximate surface area is 161 Å². The molecule has 1 aromatic rings. The molecular formula is C20H24N2O4S. The molecule has 2 amide bonds. The lowest BCUT2D eigenvalue weighted by atomic mass is 9.62. The number of primary amides is 1. The van der Waals surface area contributed by atoms with Gasteiger partial charge >= 0.3 is 5.97 Å². The van der Waals surface area contributed by atoms with Crippen molar-refractivity contribution < 1.29 is 19.5 Å². The fourth-order valence-electron chi connectivity index (χ4n) is 4.97. The topological polar surface area (TPSA) is 109 Å². The molecule has 27 heavy (non-hydrogen) atoms. The third-order valence-electron chi connectivity index (χ3n) is 6.24. The number of amides is 2. The molecule has 0 aromatic carbocycles. The Balaban J connectivity index is 1.64. The smallest absolute Gasteiger partial charge is 0.307 e. The molecule has 1 heterocycles. The normalized spacial score (nSPS) is 29.0. The van der Waals surface area contributed by atoms with Gasteiger partial charge in [-0.1, -0.05) is 18.6 Å². The van der Waals surface area contributed by atoms with Crippen molar-refractivity contribution in [1.29, 1.82) is 0 Å². The van der Waals surface area contributed by atoms with Crippen LogP contribution in [0.5, 0.6) is 0 Å². The Kier molecular flexibility index (Phi) is 4.80. The maximum atomic E-state index is 13.1. The minimum Gasteiger partial charge on any atom is -0.481 e. The summed E-state index contributed by atoms with van der Waals surface area (Å²) in [6, 6.07) is 0. The van der Waals surface area contributed by atoms with Crippen LogP contribution >= 0.6 is 11.3 Å². The number of aryl methyl sites for hydroxylation is 1. The summed E-state index contributed by atoms with van der Waals surface area (Å²) in [5.41, 5.74) is 7.03. The van der Waals surface area contributed by atoms with Crippen molar-refractivity contribution in [2.45, 2.75) is 44.9 Å². The first-order chi connectivity index (χ1) is 13.0. The summed E-state index contributed by atoms with van der Waals surface area (Å²) in [6.45, 7) is 0. The zero-order valence-corrected chi connectivity index (χ0v) is 15.9. The van der Waals surface area contributed by atoms with Crippen LogP contribution in [0.1, 0.15) is 52.9 Å². The lowest BCUT2D eigenvalue weighted by molar-refractivity contribution is -0.151. The van der Waals surface area contributed by atoms with Crippen LogP contribution < -0.4 is 11.1 Å². The molecule has 144 valence electrons. The van der Waals surface area contributed by atoms with Gasteiger partial charge in [-0.05, 0) is 55.9 Å². The lowest BCUT2D eigenvalue weighted by Gasteiger charge is -2.41. The van der Waals surface area contributed by atoms with E-state index >= 15 is 0 Å². The van der Waals surface area contributed by atoms with Crippen LogP contribution in [0.15, 0.2) is 12.2 Å². The SMILES string of the molecule is NC(=O)c1c(NC(=O)[C@@H]2[C@@H](C(=O)O)[C@H]3C=C[C@@H]2CC3)sc2c1CCCCC2. The summed E-state index contributed by atoms with van der Waals surface area (Å²) in [6.07, 6.45) is 10.5. The summed E-state index contributed by atoms with van der Waals surface area (Å²) in [5, 5.41) is 13.1. The molecule has 0 unspecified atom stereocenters. The number of hydrogen-bond acceptors (Lipinski definition) is 4. The highest BCUT2D eigenvalue weighted by Gasteiger charge is 2.48. The molecule has 0 aliphatic heterocycles. The first-order valence-electron chi connectivity index (χ1n) is 9.63. The number of allylic oxidation sites excluding steroid dienone is 2. The van der Waals surface area contributed by atoms with Crippen molar-refractivity contribution in [3.05, 3.63) is 28.2 Å². The van der Waals surface area contributed by atoms with Crippen molar-refractivity contribution in [2.75, 3.05) is 5.32 Å². The van der Waals surface area contributed by atoms with E-state index in [1.54, 1.807) is 0 Å². The second-order valence-corrected chi connectivity index (χ2v) is 8.91. The third-order valence-corrected chi connectivity index (χ3v) is 7.45. The van der Waals surface area contributed by atoms with Crippen molar-refractivity contribution >= 4 is 34.1 Å². The van der Waals surface area contributed by atoms with E-state index in [9.17, 15) is 19.5 Å². The van der Waals surface area contributed by atoms with Crippen LogP contribution in [0.3, 0.4) is 0 Å². The Morgan fingerprint density at radius 1 is 1.04 bits per heavy atom. The van der Waals surface area contributed by atoms with Gasteiger partial charge in [-0.15, -0.1) is 11.3 Å². The van der Waals surface area contributed by atoms with E-state index < -0.39 is 23.7 Å². The van der Waals surface area contributed by atoms with E-state index in [1.807, 2.05) is 12.2 Å². The fourth-order valence-corrected chi connectivity index (χ4v) is 6.27. The van der Waals surface area contributed by atoms with Crippen molar-refractivity contribution in [3.63, 3.8) is 0 Å². The Morgan fingerprint density at radius 3 is 2.33 bits per heavy atom. The number of fused-ring (bicyclic) bond motifs is 3. The van der Waals surface area contributed by atoms with E-state index in [2.05, 4.69) is 5.32 Å². The van der Waals surface area contributed by atoms with Crippen molar-refractivity contribution in [3.8, 4) is 0 Å². The molecule has 1 fully saturated rings. The molecule has 4 N–H and O–H groups in total. The molecule has 0 spiro atoms. The zero-order valence-electron chi connectivity index (χ0n) is 15.1. The Bertz CT molecular complexity index is 828. The standard InChI is InChI=1S/C20H24N2O4S/c21-17(23)16-12-4-2-1-3-5-13(12)27-19(16)22-18(24)14-10-6-8-11(9-7-10)15(14)20(25)26/h6,8,10-11,14-15H,1-5,7,9H2,(H2,21,23)(H,22,24)(H,25,26)/t10-,11+,14+,15+/m1/s1. The fraction of sp³-hybridized carbons (Fsp3) is 0.550. The number of carboxylic acid groups (broad SMARTS) is 1. The predicted octanol–water partition coefficient (Wildman–Crippen LogP) is 2.97.